The number of hydrogen-bond acceptors (Lipinski definition) is 2. The maximum Gasteiger partial charge on any atom is 0.0597 e. The lowest BCUT2D eigenvalue weighted by atomic mass is 10.0. The first-order valence-corrected chi connectivity index (χ1v) is 8.00. The first-order chi connectivity index (χ1) is 9.22. The largest absolute Gasteiger partial charge is 0.309 e. The van der Waals surface area contributed by atoms with E-state index in [0.717, 1.165) is 18.8 Å². The van der Waals surface area contributed by atoms with Gasteiger partial charge in [-0.2, -0.15) is 5.10 Å². The van der Waals surface area contributed by atoms with Crippen LogP contribution in [-0.2, 0) is 6.54 Å². The second-order valence-corrected chi connectivity index (χ2v) is 5.34. The lowest BCUT2D eigenvalue weighted by molar-refractivity contribution is 0.444. The average molecular weight is 265 g/mol. The summed E-state index contributed by atoms with van der Waals surface area (Å²) in [5, 5.41) is 8.18. The Kier molecular flexibility index (Phi) is 7.80. The molecule has 0 aliphatic heterocycles. The van der Waals surface area contributed by atoms with Gasteiger partial charge in [0.2, 0.25) is 0 Å². The maximum absolute atomic E-state index is 4.57. The summed E-state index contributed by atoms with van der Waals surface area (Å²) in [7, 11) is 0. The molecule has 3 heteroatoms. The normalized spacial score (nSPS) is 12.8. The highest BCUT2D eigenvalue weighted by Gasteiger charge is 2.15. The molecule has 110 valence electrons. The fourth-order valence-electron chi connectivity index (χ4n) is 2.65. The van der Waals surface area contributed by atoms with Crippen molar-refractivity contribution in [2.45, 2.75) is 78.8 Å². The Bertz CT molecular complexity index is 344. The van der Waals surface area contributed by atoms with E-state index in [9.17, 15) is 0 Å². The van der Waals surface area contributed by atoms with Crippen molar-refractivity contribution in [3.63, 3.8) is 0 Å². The fourth-order valence-corrected chi connectivity index (χ4v) is 2.65. The van der Waals surface area contributed by atoms with Crippen molar-refractivity contribution < 1.29 is 0 Å². The molecule has 0 bridgehead atoms. The van der Waals surface area contributed by atoms with Crippen molar-refractivity contribution in [3.05, 3.63) is 17.5 Å². The minimum absolute atomic E-state index is 0.466. The predicted molar refractivity (Wildman–Crippen MR) is 82.4 cm³/mol. The minimum Gasteiger partial charge on any atom is -0.309 e. The van der Waals surface area contributed by atoms with Crippen molar-refractivity contribution in [2.75, 3.05) is 6.54 Å². The predicted octanol–water partition coefficient (Wildman–Crippen LogP) is 4.22. The number of nitrogens with zero attached hydrogens (tertiary/aromatic N) is 2. The summed E-state index contributed by atoms with van der Waals surface area (Å²) in [5.41, 5.74) is 2.49. The van der Waals surface area contributed by atoms with E-state index in [0.29, 0.717) is 6.04 Å². The van der Waals surface area contributed by atoms with E-state index >= 15 is 0 Å². The van der Waals surface area contributed by atoms with E-state index in [-0.39, 0.29) is 0 Å². The third kappa shape index (κ3) is 5.35. The van der Waals surface area contributed by atoms with Crippen LogP contribution < -0.4 is 5.32 Å². The second kappa shape index (κ2) is 9.13. The van der Waals surface area contributed by atoms with Gasteiger partial charge in [-0.05, 0) is 32.9 Å². The van der Waals surface area contributed by atoms with Crippen LogP contribution >= 0.6 is 0 Å². The third-order valence-electron chi connectivity index (χ3n) is 3.64. The van der Waals surface area contributed by atoms with Crippen molar-refractivity contribution in [1.82, 2.24) is 15.1 Å². The van der Waals surface area contributed by atoms with Gasteiger partial charge in [-0.1, -0.05) is 46.0 Å². The van der Waals surface area contributed by atoms with E-state index in [4.69, 9.17) is 0 Å². The lowest BCUT2D eigenvalue weighted by Gasteiger charge is -2.19. The summed E-state index contributed by atoms with van der Waals surface area (Å²) in [6.07, 6.45) is 7.96. The molecule has 0 aliphatic carbocycles. The van der Waals surface area contributed by atoms with Gasteiger partial charge in [0.15, 0.2) is 0 Å². The highest BCUT2D eigenvalue weighted by Crippen LogP contribution is 2.21. The summed E-state index contributed by atoms with van der Waals surface area (Å²) in [4.78, 5) is 0. The first-order valence-electron chi connectivity index (χ1n) is 8.00. The summed E-state index contributed by atoms with van der Waals surface area (Å²) < 4.78 is 2.15. The molecule has 1 heterocycles. The van der Waals surface area contributed by atoms with Gasteiger partial charge in [0.25, 0.3) is 0 Å². The van der Waals surface area contributed by atoms with Crippen LogP contribution in [0.3, 0.4) is 0 Å². The third-order valence-corrected chi connectivity index (χ3v) is 3.64. The molecule has 1 unspecified atom stereocenters. The molecule has 0 spiro atoms. The summed E-state index contributed by atoms with van der Waals surface area (Å²) in [6, 6.07) is 2.70. The van der Waals surface area contributed by atoms with Crippen LogP contribution in [-0.4, -0.2) is 16.3 Å². The number of aryl methyl sites for hydroxylation is 2. The van der Waals surface area contributed by atoms with Gasteiger partial charge >= 0.3 is 0 Å². The van der Waals surface area contributed by atoms with Crippen LogP contribution in [0.15, 0.2) is 6.07 Å². The van der Waals surface area contributed by atoms with Crippen LogP contribution in [0.5, 0.6) is 0 Å². The Morgan fingerprint density at radius 2 is 1.89 bits per heavy atom. The van der Waals surface area contributed by atoms with E-state index < -0.39 is 0 Å². The standard InChI is InChI=1S/C16H31N3/c1-5-8-9-10-11-12-15(17-6-2)16-13-14(4)18-19(16)7-3/h13,15,17H,5-12H2,1-4H3. The Balaban J connectivity index is 2.55. The average Bonchev–Trinajstić information content (AvgIpc) is 2.78. The van der Waals surface area contributed by atoms with Gasteiger partial charge in [-0.25, -0.2) is 0 Å². The van der Waals surface area contributed by atoms with Gasteiger partial charge in [-0.15, -0.1) is 0 Å². The Morgan fingerprint density at radius 3 is 2.53 bits per heavy atom. The molecule has 0 aliphatic rings. The maximum atomic E-state index is 4.57. The quantitative estimate of drug-likeness (QED) is 0.642. The molecule has 1 N–H and O–H groups in total. The summed E-state index contributed by atoms with van der Waals surface area (Å²) in [5.74, 6) is 0. The molecule has 0 radical (unpaired) electrons. The van der Waals surface area contributed by atoms with Gasteiger partial charge in [0.1, 0.15) is 0 Å². The van der Waals surface area contributed by atoms with Crippen LogP contribution in [0.25, 0.3) is 0 Å². The molecule has 0 fully saturated rings. The highest BCUT2D eigenvalue weighted by molar-refractivity contribution is 5.13. The SMILES string of the molecule is CCCCCCCC(NCC)c1cc(C)nn1CC. The zero-order valence-corrected chi connectivity index (χ0v) is 13.2. The number of nitrogens with one attached hydrogen (secondary N) is 1. The Morgan fingerprint density at radius 1 is 1.16 bits per heavy atom. The van der Waals surface area contributed by atoms with Crippen LogP contribution in [0.2, 0.25) is 0 Å². The van der Waals surface area contributed by atoms with Crippen molar-refractivity contribution in [2.24, 2.45) is 0 Å². The fraction of sp³-hybridized carbons (Fsp3) is 0.812. The van der Waals surface area contributed by atoms with Crippen LogP contribution in [0.4, 0.5) is 0 Å². The first kappa shape index (κ1) is 16.2. The molecular formula is C16H31N3. The highest BCUT2D eigenvalue weighted by atomic mass is 15.3. The number of unbranched alkanes of at least 4 members (excludes halogenated alkanes) is 4. The monoisotopic (exact) mass is 265 g/mol. The van der Waals surface area contributed by atoms with E-state index in [1.165, 1.54) is 44.2 Å². The van der Waals surface area contributed by atoms with Crippen molar-refractivity contribution in [3.8, 4) is 0 Å². The minimum atomic E-state index is 0.466. The lowest BCUT2D eigenvalue weighted by Crippen LogP contribution is -2.23. The summed E-state index contributed by atoms with van der Waals surface area (Å²) >= 11 is 0. The molecule has 0 aromatic carbocycles. The van der Waals surface area contributed by atoms with Gasteiger partial charge in [0.05, 0.1) is 11.4 Å². The molecule has 0 saturated heterocycles. The van der Waals surface area contributed by atoms with E-state index in [1.54, 1.807) is 0 Å². The smallest absolute Gasteiger partial charge is 0.0597 e. The van der Waals surface area contributed by atoms with Gasteiger partial charge < -0.3 is 5.32 Å². The second-order valence-electron chi connectivity index (χ2n) is 5.34. The van der Waals surface area contributed by atoms with E-state index in [1.807, 2.05) is 0 Å². The Labute approximate surface area is 118 Å². The van der Waals surface area contributed by atoms with Crippen LogP contribution in [0.1, 0.15) is 76.7 Å². The zero-order chi connectivity index (χ0) is 14.1. The molecule has 19 heavy (non-hydrogen) atoms. The Hall–Kier alpha value is -0.830. The number of hydrogen-bond donors (Lipinski definition) is 1. The van der Waals surface area contributed by atoms with Gasteiger partial charge in [-0.3, -0.25) is 4.68 Å². The molecule has 3 nitrogen and oxygen atoms in total. The number of rotatable bonds is 10. The molecule has 1 aromatic heterocycles. The summed E-state index contributed by atoms with van der Waals surface area (Å²) in [6.45, 7) is 10.7. The van der Waals surface area contributed by atoms with E-state index in [2.05, 4.69) is 48.9 Å². The zero-order valence-electron chi connectivity index (χ0n) is 13.2. The van der Waals surface area contributed by atoms with Crippen molar-refractivity contribution >= 4 is 0 Å². The molecular weight excluding hydrogens is 234 g/mol. The molecule has 1 atom stereocenters. The van der Waals surface area contributed by atoms with Crippen molar-refractivity contribution in [1.29, 1.82) is 0 Å². The number of aromatic nitrogens is 2. The molecule has 1 aromatic rings. The van der Waals surface area contributed by atoms with Crippen LogP contribution in [0, 0.1) is 6.92 Å². The molecule has 1 rings (SSSR count). The molecule has 0 amide bonds. The van der Waals surface area contributed by atoms with Gasteiger partial charge in [0, 0.05) is 12.6 Å². The topological polar surface area (TPSA) is 29.9 Å². The molecule has 0 saturated carbocycles.